The summed E-state index contributed by atoms with van der Waals surface area (Å²) in [7, 11) is 0. The van der Waals surface area contributed by atoms with Crippen molar-refractivity contribution in [3.63, 3.8) is 0 Å². The van der Waals surface area contributed by atoms with Crippen molar-refractivity contribution < 1.29 is 9.90 Å². The number of likely N-dealkylation sites (tertiary alicyclic amines) is 1. The molecule has 1 aliphatic rings. The van der Waals surface area contributed by atoms with E-state index in [1.807, 2.05) is 28.7 Å². The van der Waals surface area contributed by atoms with Crippen LogP contribution in [0, 0.1) is 0 Å². The van der Waals surface area contributed by atoms with E-state index in [4.69, 9.17) is 0 Å². The fourth-order valence-electron chi connectivity index (χ4n) is 1.92. The second-order valence-electron chi connectivity index (χ2n) is 4.69. The zero-order valence-electron chi connectivity index (χ0n) is 9.48. The summed E-state index contributed by atoms with van der Waals surface area (Å²) in [5.74, 6) is 0.175. The average molecular weight is 239 g/mol. The minimum atomic E-state index is -0.584. The number of hydrogen-bond acceptors (Lipinski definition) is 3. The van der Waals surface area contributed by atoms with Crippen molar-refractivity contribution in [2.24, 2.45) is 0 Å². The lowest BCUT2D eigenvalue weighted by Gasteiger charge is -2.35. The molecule has 1 N–H and O–H groups in total. The number of amides is 1. The van der Waals surface area contributed by atoms with E-state index in [1.54, 1.807) is 11.3 Å². The average Bonchev–Trinajstić information content (AvgIpc) is 2.70. The molecule has 1 amide bonds. The number of nitrogens with zero attached hydrogens (tertiary/aromatic N) is 1. The minimum absolute atomic E-state index is 0.175. The predicted octanol–water partition coefficient (Wildman–Crippen LogP) is 1.66. The van der Waals surface area contributed by atoms with E-state index in [0.717, 1.165) is 5.56 Å². The SMILES string of the molecule is CC1(O)CCN(C(=O)Cc2ccsc2)CC1. The van der Waals surface area contributed by atoms with Gasteiger partial charge in [-0.1, -0.05) is 0 Å². The molecule has 0 saturated carbocycles. The largest absolute Gasteiger partial charge is 0.390 e. The van der Waals surface area contributed by atoms with Crippen LogP contribution in [0.15, 0.2) is 16.8 Å². The lowest BCUT2D eigenvalue weighted by Crippen LogP contribution is -2.45. The minimum Gasteiger partial charge on any atom is -0.390 e. The highest BCUT2D eigenvalue weighted by molar-refractivity contribution is 7.07. The summed E-state index contributed by atoms with van der Waals surface area (Å²) in [6.07, 6.45) is 1.86. The Morgan fingerprint density at radius 1 is 1.56 bits per heavy atom. The zero-order chi connectivity index (χ0) is 11.6. The van der Waals surface area contributed by atoms with E-state index < -0.39 is 5.60 Å². The quantitative estimate of drug-likeness (QED) is 0.852. The van der Waals surface area contributed by atoms with Gasteiger partial charge in [0.15, 0.2) is 0 Å². The van der Waals surface area contributed by atoms with Crippen molar-refractivity contribution >= 4 is 17.2 Å². The first-order valence-corrected chi connectivity index (χ1v) is 6.52. The van der Waals surface area contributed by atoms with Crippen LogP contribution >= 0.6 is 11.3 Å². The second-order valence-corrected chi connectivity index (χ2v) is 5.47. The number of aliphatic hydroxyl groups is 1. The van der Waals surface area contributed by atoms with Gasteiger partial charge >= 0.3 is 0 Å². The van der Waals surface area contributed by atoms with Crippen molar-refractivity contribution in [2.45, 2.75) is 31.8 Å². The maximum Gasteiger partial charge on any atom is 0.227 e. The van der Waals surface area contributed by atoms with Gasteiger partial charge in [0.25, 0.3) is 0 Å². The van der Waals surface area contributed by atoms with Crippen LogP contribution in [0.2, 0.25) is 0 Å². The Morgan fingerprint density at radius 2 is 2.25 bits per heavy atom. The van der Waals surface area contributed by atoms with Gasteiger partial charge in [0, 0.05) is 13.1 Å². The highest BCUT2D eigenvalue weighted by Crippen LogP contribution is 2.21. The summed E-state index contributed by atoms with van der Waals surface area (Å²) in [5.41, 5.74) is 0.506. The fraction of sp³-hybridized carbons (Fsp3) is 0.583. The smallest absolute Gasteiger partial charge is 0.227 e. The second kappa shape index (κ2) is 4.55. The summed E-state index contributed by atoms with van der Waals surface area (Å²) in [6.45, 7) is 3.19. The number of carbonyl (C=O) groups excluding carboxylic acids is 1. The lowest BCUT2D eigenvalue weighted by molar-refractivity contribution is -0.134. The van der Waals surface area contributed by atoms with Gasteiger partial charge in [-0.2, -0.15) is 11.3 Å². The third-order valence-corrected chi connectivity index (χ3v) is 3.86. The summed E-state index contributed by atoms with van der Waals surface area (Å²) in [5, 5.41) is 13.8. The van der Waals surface area contributed by atoms with Crippen molar-refractivity contribution in [3.8, 4) is 0 Å². The Bertz CT molecular complexity index is 349. The molecule has 0 aliphatic carbocycles. The van der Waals surface area contributed by atoms with Gasteiger partial charge < -0.3 is 10.0 Å². The molecule has 4 heteroatoms. The first-order valence-electron chi connectivity index (χ1n) is 5.58. The Balaban J connectivity index is 1.87. The highest BCUT2D eigenvalue weighted by atomic mass is 32.1. The molecule has 1 fully saturated rings. The zero-order valence-corrected chi connectivity index (χ0v) is 10.3. The topological polar surface area (TPSA) is 40.5 Å². The molecule has 2 heterocycles. The summed E-state index contributed by atoms with van der Waals surface area (Å²) >= 11 is 1.62. The Hall–Kier alpha value is -0.870. The molecule has 1 aliphatic heterocycles. The third-order valence-electron chi connectivity index (χ3n) is 3.13. The molecular weight excluding hydrogens is 222 g/mol. The molecule has 1 saturated heterocycles. The molecular formula is C12H17NO2S. The van der Waals surface area contributed by atoms with E-state index >= 15 is 0 Å². The number of hydrogen-bond donors (Lipinski definition) is 1. The molecule has 0 atom stereocenters. The van der Waals surface area contributed by atoms with Crippen LogP contribution in [0.25, 0.3) is 0 Å². The maximum atomic E-state index is 11.9. The summed E-state index contributed by atoms with van der Waals surface area (Å²) < 4.78 is 0. The van der Waals surface area contributed by atoms with Gasteiger partial charge in [0.2, 0.25) is 5.91 Å². The van der Waals surface area contributed by atoms with Crippen LogP contribution in [-0.2, 0) is 11.2 Å². The van der Waals surface area contributed by atoms with Gasteiger partial charge in [-0.15, -0.1) is 0 Å². The van der Waals surface area contributed by atoms with E-state index in [2.05, 4.69) is 0 Å². The Labute approximate surface area is 99.7 Å². The molecule has 0 radical (unpaired) electrons. The molecule has 1 aromatic rings. The number of rotatable bonds is 2. The lowest BCUT2D eigenvalue weighted by atomic mass is 9.93. The van der Waals surface area contributed by atoms with Crippen LogP contribution < -0.4 is 0 Å². The maximum absolute atomic E-state index is 11.9. The van der Waals surface area contributed by atoms with Crippen LogP contribution in [0.1, 0.15) is 25.3 Å². The van der Waals surface area contributed by atoms with Gasteiger partial charge in [-0.3, -0.25) is 4.79 Å². The fourth-order valence-corrected chi connectivity index (χ4v) is 2.59. The Morgan fingerprint density at radius 3 is 2.81 bits per heavy atom. The van der Waals surface area contributed by atoms with Crippen molar-refractivity contribution in [1.29, 1.82) is 0 Å². The molecule has 3 nitrogen and oxygen atoms in total. The van der Waals surface area contributed by atoms with Crippen LogP contribution in [0.4, 0.5) is 0 Å². The number of piperidine rings is 1. The normalized spacial score (nSPS) is 19.8. The van der Waals surface area contributed by atoms with E-state index in [9.17, 15) is 9.90 Å². The highest BCUT2D eigenvalue weighted by Gasteiger charge is 2.29. The van der Waals surface area contributed by atoms with Crippen molar-refractivity contribution in [2.75, 3.05) is 13.1 Å². The first-order chi connectivity index (χ1) is 7.57. The van der Waals surface area contributed by atoms with Crippen molar-refractivity contribution in [1.82, 2.24) is 4.90 Å². The molecule has 2 rings (SSSR count). The standard InChI is InChI=1S/C12H17NO2S/c1-12(15)3-5-13(6-4-12)11(14)8-10-2-7-16-9-10/h2,7,9,15H,3-6,8H2,1H3. The van der Waals surface area contributed by atoms with Crippen molar-refractivity contribution in [3.05, 3.63) is 22.4 Å². The molecule has 88 valence electrons. The Kier molecular flexibility index (Phi) is 3.30. The number of thiophene rings is 1. The molecule has 16 heavy (non-hydrogen) atoms. The number of carbonyl (C=O) groups is 1. The summed E-state index contributed by atoms with van der Waals surface area (Å²) in [4.78, 5) is 13.8. The van der Waals surface area contributed by atoms with E-state index in [1.165, 1.54) is 0 Å². The molecule has 1 aromatic heterocycles. The van der Waals surface area contributed by atoms with E-state index in [-0.39, 0.29) is 5.91 Å². The molecule has 0 unspecified atom stereocenters. The van der Waals surface area contributed by atoms with Gasteiger partial charge in [0.1, 0.15) is 0 Å². The third kappa shape index (κ3) is 2.83. The monoisotopic (exact) mass is 239 g/mol. The predicted molar refractivity (Wildman–Crippen MR) is 64.5 cm³/mol. The van der Waals surface area contributed by atoms with Crippen LogP contribution in [0.3, 0.4) is 0 Å². The molecule has 0 spiro atoms. The van der Waals surface area contributed by atoms with Crippen LogP contribution in [0.5, 0.6) is 0 Å². The van der Waals surface area contributed by atoms with Gasteiger partial charge in [-0.25, -0.2) is 0 Å². The first kappa shape index (κ1) is 11.6. The summed E-state index contributed by atoms with van der Waals surface area (Å²) in [6, 6.07) is 1.99. The van der Waals surface area contributed by atoms with E-state index in [0.29, 0.717) is 32.4 Å². The molecule has 0 bridgehead atoms. The van der Waals surface area contributed by atoms with Gasteiger partial charge in [0.05, 0.1) is 12.0 Å². The van der Waals surface area contributed by atoms with Gasteiger partial charge in [-0.05, 0) is 42.2 Å². The van der Waals surface area contributed by atoms with Crippen LogP contribution in [-0.4, -0.2) is 34.6 Å². The molecule has 0 aromatic carbocycles.